The topological polar surface area (TPSA) is 88.5 Å². The van der Waals surface area contributed by atoms with Crippen LogP contribution < -0.4 is 10.1 Å². The second-order valence-electron chi connectivity index (χ2n) is 3.92. The molecule has 1 heterocycles. The van der Waals surface area contributed by atoms with Crippen molar-refractivity contribution in [3.8, 4) is 5.75 Å². The molecular weight excluding hydrogens is 348 g/mol. The van der Waals surface area contributed by atoms with E-state index in [1.165, 1.54) is 7.11 Å². The standard InChI is InChI=1S/C12H11BrN2O4S/c1-5(13)9(16)6-3-4-7(19-2)8-10(6)20-11(14-8)15-12(17)18/h3-5H,1-2H3,(H,14,15)(H,17,18). The third kappa shape index (κ3) is 2.75. The molecule has 0 fully saturated rings. The lowest BCUT2D eigenvalue weighted by molar-refractivity contribution is 0.0997. The minimum atomic E-state index is -1.20. The van der Waals surface area contributed by atoms with Crippen molar-refractivity contribution in [2.75, 3.05) is 12.4 Å². The van der Waals surface area contributed by atoms with E-state index in [0.717, 1.165) is 11.3 Å². The third-order valence-electron chi connectivity index (χ3n) is 2.57. The Bertz CT molecular complexity index is 683. The molecule has 2 aromatic rings. The quantitative estimate of drug-likeness (QED) is 0.646. The monoisotopic (exact) mass is 358 g/mol. The Labute approximate surface area is 126 Å². The fourth-order valence-corrected chi connectivity index (χ4v) is 2.94. The number of amides is 1. The van der Waals surface area contributed by atoms with Gasteiger partial charge in [0.2, 0.25) is 0 Å². The van der Waals surface area contributed by atoms with E-state index in [-0.39, 0.29) is 15.7 Å². The first kappa shape index (κ1) is 14.7. The van der Waals surface area contributed by atoms with Crippen LogP contribution in [0.15, 0.2) is 12.1 Å². The van der Waals surface area contributed by atoms with Gasteiger partial charge in [-0.1, -0.05) is 27.3 Å². The number of ether oxygens (including phenoxy) is 1. The number of halogens is 1. The van der Waals surface area contributed by atoms with Gasteiger partial charge >= 0.3 is 6.09 Å². The number of methoxy groups -OCH3 is 1. The molecule has 1 aromatic heterocycles. The van der Waals surface area contributed by atoms with E-state index in [9.17, 15) is 9.59 Å². The highest BCUT2D eigenvalue weighted by atomic mass is 79.9. The van der Waals surface area contributed by atoms with E-state index >= 15 is 0 Å². The summed E-state index contributed by atoms with van der Waals surface area (Å²) in [6, 6.07) is 3.30. The number of thiazole rings is 1. The number of fused-ring (bicyclic) bond motifs is 1. The number of carboxylic acid groups (broad SMARTS) is 1. The molecule has 0 bridgehead atoms. The molecule has 8 heteroatoms. The van der Waals surface area contributed by atoms with Gasteiger partial charge in [-0.25, -0.2) is 9.78 Å². The SMILES string of the molecule is COc1ccc(C(=O)C(C)Br)c2sc(NC(=O)O)nc12. The molecule has 1 aromatic carbocycles. The van der Waals surface area contributed by atoms with Gasteiger partial charge in [-0.3, -0.25) is 10.1 Å². The van der Waals surface area contributed by atoms with Crippen LogP contribution in [-0.4, -0.2) is 33.9 Å². The van der Waals surface area contributed by atoms with Gasteiger partial charge in [0.15, 0.2) is 10.9 Å². The van der Waals surface area contributed by atoms with E-state index in [1.807, 2.05) is 0 Å². The van der Waals surface area contributed by atoms with E-state index in [4.69, 9.17) is 9.84 Å². The summed E-state index contributed by atoms with van der Waals surface area (Å²) < 4.78 is 5.79. The average molecular weight is 359 g/mol. The molecule has 0 spiro atoms. The fraction of sp³-hybridized carbons (Fsp3) is 0.250. The summed E-state index contributed by atoms with van der Waals surface area (Å²) >= 11 is 4.34. The van der Waals surface area contributed by atoms with Gasteiger partial charge in [0.05, 0.1) is 16.6 Å². The number of nitrogens with one attached hydrogen (secondary N) is 1. The first-order chi connectivity index (χ1) is 9.43. The zero-order chi connectivity index (χ0) is 14.9. The molecule has 2 rings (SSSR count). The Morgan fingerprint density at radius 1 is 1.50 bits per heavy atom. The summed E-state index contributed by atoms with van der Waals surface area (Å²) in [4.78, 5) is 26.6. The number of hydrogen-bond acceptors (Lipinski definition) is 5. The predicted octanol–water partition coefficient (Wildman–Crippen LogP) is 3.36. The van der Waals surface area contributed by atoms with Gasteiger partial charge in [0.1, 0.15) is 11.3 Å². The molecule has 0 aliphatic rings. The number of hydrogen-bond donors (Lipinski definition) is 2. The molecule has 1 amide bonds. The Kier molecular flexibility index (Phi) is 4.24. The first-order valence-electron chi connectivity index (χ1n) is 5.59. The van der Waals surface area contributed by atoms with E-state index in [0.29, 0.717) is 21.5 Å². The Morgan fingerprint density at radius 2 is 2.20 bits per heavy atom. The van der Waals surface area contributed by atoms with E-state index in [1.54, 1.807) is 19.1 Å². The van der Waals surface area contributed by atoms with Gasteiger partial charge in [0.25, 0.3) is 0 Å². The molecule has 1 unspecified atom stereocenters. The summed E-state index contributed by atoms with van der Waals surface area (Å²) in [5, 5.41) is 11.1. The number of rotatable bonds is 4. The van der Waals surface area contributed by atoms with Crippen LogP contribution in [0.3, 0.4) is 0 Å². The van der Waals surface area contributed by atoms with Crippen molar-refractivity contribution in [1.82, 2.24) is 4.98 Å². The fourth-order valence-electron chi connectivity index (χ4n) is 1.70. The Morgan fingerprint density at radius 3 is 2.75 bits per heavy atom. The highest BCUT2D eigenvalue weighted by Gasteiger charge is 2.20. The Balaban J connectivity index is 2.63. The molecule has 1 atom stereocenters. The molecule has 106 valence electrons. The lowest BCUT2D eigenvalue weighted by atomic mass is 10.1. The van der Waals surface area contributed by atoms with Crippen molar-refractivity contribution in [1.29, 1.82) is 0 Å². The van der Waals surface area contributed by atoms with Gasteiger partial charge in [-0.2, -0.15) is 0 Å². The molecule has 6 nitrogen and oxygen atoms in total. The van der Waals surface area contributed by atoms with E-state index < -0.39 is 6.09 Å². The van der Waals surface area contributed by atoms with Crippen LogP contribution in [0.5, 0.6) is 5.75 Å². The number of alkyl halides is 1. The maximum absolute atomic E-state index is 12.1. The summed E-state index contributed by atoms with van der Waals surface area (Å²) in [7, 11) is 1.49. The van der Waals surface area contributed by atoms with Gasteiger partial charge in [0, 0.05) is 5.56 Å². The van der Waals surface area contributed by atoms with Crippen molar-refractivity contribution in [3.05, 3.63) is 17.7 Å². The van der Waals surface area contributed by atoms with Crippen molar-refractivity contribution >= 4 is 54.5 Å². The number of nitrogens with zero attached hydrogens (tertiary/aromatic N) is 1. The second kappa shape index (κ2) is 5.76. The van der Waals surface area contributed by atoms with E-state index in [2.05, 4.69) is 26.2 Å². The van der Waals surface area contributed by atoms with Crippen molar-refractivity contribution < 1.29 is 19.4 Å². The first-order valence-corrected chi connectivity index (χ1v) is 7.33. The minimum Gasteiger partial charge on any atom is -0.494 e. The van der Waals surface area contributed by atoms with Crippen molar-refractivity contribution in [2.45, 2.75) is 11.8 Å². The number of Topliss-reactive ketones (excluding diaryl/α,β-unsaturated/α-hetero) is 1. The van der Waals surface area contributed by atoms with Crippen LogP contribution in [0.25, 0.3) is 10.2 Å². The average Bonchev–Trinajstić information content (AvgIpc) is 2.78. The summed E-state index contributed by atoms with van der Waals surface area (Å²) in [6.07, 6.45) is -1.20. The molecule has 0 aliphatic heterocycles. The number of anilines is 1. The van der Waals surface area contributed by atoms with Crippen LogP contribution >= 0.6 is 27.3 Å². The van der Waals surface area contributed by atoms with Crippen LogP contribution in [0.2, 0.25) is 0 Å². The number of carbonyl (C=O) groups excluding carboxylic acids is 1. The molecule has 0 saturated heterocycles. The lowest BCUT2D eigenvalue weighted by Crippen LogP contribution is -2.10. The number of benzene rings is 1. The van der Waals surface area contributed by atoms with Crippen LogP contribution in [-0.2, 0) is 0 Å². The summed E-state index contributed by atoms with van der Waals surface area (Å²) in [6.45, 7) is 1.73. The maximum atomic E-state index is 12.1. The third-order valence-corrected chi connectivity index (χ3v) is 3.99. The molecule has 2 N–H and O–H groups in total. The minimum absolute atomic E-state index is 0.0943. The largest absolute Gasteiger partial charge is 0.494 e. The summed E-state index contributed by atoms with van der Waals surface area (Å²) in [5.41, 5.74) is 0.960. The zero-order valence-electron chi connectivity index (χ0n) is 10.6. The highest BCUT2D eigenvalue weighted by Crippen LogP contribution is 2.36. The van der Waals surface area contributed by atoms with Crippen molar-refractivity contribution in [2.24, 2.45) is 0 Å². The second-order valence-corrected chi connectivity index (χ2v) is 6.30. The number of ketones is 1. The van der Waals surface area contributed by atoms with Gasteiger partial charge < -0.3 is 9.84 Å². The molecule has 20 heavy (non-hydrogen) atoms. The van der Waals surface area contributed by atoms with Crippen LogP contribution in [0.4, 0.5) is 9.93 Å². The van der Waals surface area contributed by atoms with Crippen molar-refractivity contribution in [3.63, 3.8) is 0 Å². The molecule has 0 saturated carbocycles. The van der Waals surface area contributed by atoms with Gasteiger partial charge in [-0.05, 0) is 19.1 Å². The highest BCUT2D eigenvalue weighted by molar-refractivity contribution is 9.10. The zero-order valence-corrected chi connectivity index (χ0v) is 13.0. The molecule has 0 radical (unpaired) electrons. The maximum Gasteiger partial charge on any atom is 0.410 e. The number of carbonyl (C=O) groups is 2. The molecule has 0 aliphatic carbocycles. The number of aromatic nitrogens is 1. The molecular formula is C12H11BrN2O4S. The lowest BCUT2D eigenvalue weighted by Gasteiger charge is -2.06. The smallest absolute Gasteiger partial charge is 0.410 e. The normalized spacial score (nSPS) is 12.2. The Hall–Kier alpha value is -1.67. The summed E-state index contributed by atoms with van der Waals surface area (Å²) in [5.74, 6) is 0.400. The van der Waals surface area contributed by atoms with Gasteiger partial charge in [-0.15, -0.1) is 0 Å². The van der Waals surface area contributed by atoms with Crippen LogP contribution in [0, 0.1) is 0 Å². The van der Waals surface area contributed by atoms with Crippen LogP contribution in [0.1, 0.15) is 17.3 Å². The predicted molar refractivity (Wildman–Crippen MR) is 80.5 cm³/mol.